The van der Waals surface area contributed by atoms with Crippen LogP contribution in [-0.4, -0.2) is 31.4 Å². The van der Waals surface area contributed by atoms with Gasteiger partial charge in [-0.25, -0.2) is 9.78 Å². The van der Waals surface area contributed by atoms with Gasteiger partial charge in [-0.1, -0.05) is 43.3 Å². The van der Waals surface area contributed by atoms with Crippen LogP contribution in [0.25, 0.3) is 33.5 Å². The van der Waals surface area contributed by atoms with Crippen LogP contribution in [0.3, 0.4) is 0 Å². The van der Waals surface area contributed by atoms with Crippen LogP contribution < -0.4 is 0 Å². The topological polar surface area (TPSA) is 99.1 Å². The van der Waals surface area contributed by atoms with Crippen LogP contribution >= 0.6 is 0 Å². The third-order valence-electron chi connectivity index (χ3n) is 4.59. The monoisotopic (exact) mass is 359 g/mol. The number of aromatic nitrogens is 3. The molecule has 0 aliphatic heterocycles. The third kappa shape index (κ3) is 2.91. The van der Waals surface area contributed by atoms with Crippen LogP contribution in [0.5, 0.6) is 5.75 Å². The first kappa shape index (κ1) is 16.8. The summed E-state index contributed by atoms with van der Waals surface area (Å²) in [5.74, 6) is -1.04. The fraction of sp³-hybridized carbons (Fsp3) is 0.0952. The summed E-state index contributed by atoms with van der Waals surface area (Å²) >= 11 is 0. The summed E-state index contributed by atoms with van der Waals surface area (Å²) in [6.45, 7) is 2.08. The second kappa shape index (κ2) is 6.57. The Morgan fingerprint density at radius 2 is 1.85 bits per heavy atom. The van der Waals surface area contributed by atoms with E-state index in [-0.39, 0.29) is 11.3 Å². The molecular weight excluding hydrogens is 342 g/mol. The Balaban J connectivity index is 1.94. The number of aromatic carboxylic acids is 1. The van der Waals surface area contributed by atoms with Gasteiger partial charge in [0.2, 0.25) is 0 Å². The lowest BCUT2D eigenvalue weighted by atomic mass is 10.0. The molecule has 2 aromatic heterocycles. The number of phenolic OH excluding ortho intramolecular Hbond substituents is 1. The molecule has 4 rings (SSSR count). The molecule has 6 heteroatoms. The number of aromatic hydroxyl groups is 1. The van der Waals surface area contributed by atoms with Gasteiger partial charge in [0.25, 0.3) is 0 Å². The Hall–Kier alpha value is -3.67. The van der Waals surface area contributed by atoms with E-state index in [1.807, 2.05) is 24.3 Å². The SMILES string of the molecule is CCc1ccc(-c2[nH]nc3nc(-c4ccccc4O)cc(C(=O)O)c23)cc1. The lowest BCUT2D eigenvalue weighted by Crippen LogP contribution is -2.00. The lowest BCUT2D eigenvalue weighted by molar-refractivity contribution is 0.0699. The average molecular weight is 359 g/mol. The molecule has 0 saturated carbocycles. The van der Waals surface area contributed by atoms with Crippen molar-refractivity contribution in [3.05, 3.63) is 65.7 Å². The number of nitrogens with zero attached hydrogens (tertiary/aromatic N) is 2. The van der Waals surface area contributed by atoms with E-state index in [1.54, 1.807) is 18.2 Å². The van der Waals surface area contributed by atoms with E-state index >= 15 is 0 Å². The maximum absolute atomic E-state index is 11.9. The van der Waals surface area contributed by atoms with Gasteiger partial charge in [-0.3, -0.25) is 5.10 Å². The fourth-order valence-electron chi connectivity index (χ4n) is 3.14. The molecule has 0 fully saturated rings. The highest BCUT2D eigenvalue weighted by Crippen LogP contribution is 2.34. The number of carbonyl (C=O) groups is 1. The van der Waals surface area contributed by atoms with Crippen molar-refractivity contribution < 1.29 is 15.0 Å². The van der Waals surface area contributed by atoms with Gasteiger partial charge in [0, 0.05) is 11.1 Å². The molecule has 2 aromatic carbocycles. The summed E-state index contributed by atoms with van der Waals surface area (Å²) in [4.78, 5) is 16.4. The van der Waals surface area contributed by atoms with E-state index < -0.39 is 5.97 Å². The number of phenols is 1. The number of aromatic amines is 1. The van der Waals surface area contributed by atoms with Gasteiger partial charge in [0.15, 0.2) is 5.65 Å². The summed E-state index contributed by atoms with van der Waals surface area (Å²) in [7, 11) is 0. The number of hydrogen-bond acceptors (Lipinski definition) is 4. The minimum atomic E-state index is -1.08. The van der Waals surface area contributed by atoms with Crippen molar-refractivity contribution in [2.24, 2.45) is 0 Å². The highest BCUT2D eigenvalue weighted by Gasteiger charge is 2.20. The molecule has 0 spiro atoms. The number of nitrogens with one attached hydrogen (secondary N) is 1. The predicted octanol–water partition coefficient (Wildman–Crippen LogP) is 4.26. The Bertz CT molecular complexity index is 1150. The molecule has 3 N–H and O–H groups in total. The molecule has 0 aliphatic rings. The van der Waals surface area contributed by atoms with Crippen molar-refractivity contribution in [3.63, 3.8) is 0 Å². The summed E-state index contributed by atoms with van der Waals surface area (Å²) in [5.41, 5.74) is 3.84. The minimum Gasteiger partial charge on any atom is -0.507 e. The number of carboxylic acid groups (broad SMARTS) is 1. The number of pyridine rings is 1. The molecule has 0 atom stereocenters. The molecule has 0 saturated heterocycles. The maximum Gasteiger partial charge on any atom is 0.336 e. The van der Waals surface area contributed by atoms with Gasteiger partial charge in [0.05, 0.1) is 22.3 Å². The Morgan fingerprint density at radius 1 is 1.11 bits per heavy atom. The van der Waals surface area contributed by atoms with Crippen LogP contribution in [0.1, 0.15) is 22.8 Å². The van der Waals surface area contributed by atoms with E-state index in [9.17, 15) is 15.0 Å². The van der Waals surface area contributed by atoms with Gasteiger partial charge < -0.3 is 10.2 Å². The fourth-order valence-corrected chi connectivity index (χ4v) is 3.14. The van der Waals surface area contributed by atoms with E-state index in [4.69, 9.17) is 0 Å². The van der Waals surface area contributed by atoms with E-state index in [0.717, 1.165) is 12.0 Å². The van der Waals surface area contributed by atoms with Gasteiger partial charge in [-0.15, -0.1) is 0 Å². The molecule has 0 aliphatic carbocycles. The van der Waals surface area contributed by atoms with Crippen LogP contribution in [-0.2, 0) is 6.42 Å². The average Bonchev–Trinajstić information content (AvgIpc) is 3.11. The molecule has 2 heterocycles. The number of hydrogen-bond donors (Lipinski definition) is 3. The van der Waals surface area contributed by atoms with Crippen molar-refractivity contribution in [2.45, 2.75) is 13.3 Å². The quantitative estimate of drug-likeness (QED) is 0.506. The first-order chi connectivity index (χ1) is 13.1. The number of benzene rings is 2. The molecule has 0 amide bonds. The van der Waals surface area contributed by atoms with Crippen LogP contribution in [0.15, 0.2) is 54.6 Å². The second-order valence-electron chi connectivity index (χ2n) is 6.23. The molecule has 6 nitrogen and oxygen atoms in total. The third-order valence-corrected chi connectivity index (χ3v) is 4.59. The number of rotatable bonds is 4. The van der Waals surface area contributed by atoms with Crippen LogP contribution in [0.4, 0.5) is 0 Å². The maximum atomic E-state index is 11.9. The normalized spacial score (nSPS) is 11.0. The largest absolute Gasteiger partial charge is 0.507 e. The van der Waals surface area contributed by atoms with Gasteiger partial charge in [-0.2, -0.15) is 5.10 Å². The molecule has 0 bridgehead atoms. The lowest BCUT2D eigenvalue weighted by Gasteiger charge is -2.07. The molecule has 0 unspecified atom stereocenters. The second-order valence-corrected chi connectivity index (χ2v) is 6.23. The van der Waals surface area contributed by atoms with Gasteiger partial charge in [-0.05, 0) is 30.2 Å². The van der Waals surface area contributed by atoms with E-state index in [0.29, 0.717) is 28.0 Å². The van der Waals surface area contributed by atoms with Crippen molar-refractivity contribution >= 4 is 17.0 Å². The van der Waals surface area contributed by atoms with Gasteiger partial charge >= 0.3 is 5.97 Å². The molecule has 0 radical (unpaired) electrons. The van der Waals surface area contributed by atoms with Crippen molar-refractivity contribution in [3.8, 4) is 28.3 Å². The summed E-state index contributed by atoms with van der Waals surface area (Å²) in [6, 6.07) is 16.0. The summed E-state index contributed by atoms with van der Waals surface area (Å²) in [6.07, 6.45) is 0.926. The minimum absolute atomic E-state index is 0.0339. The number of carboxylic acids is 1. The summed E-state index contributed by atoms with van der Waals surface area (Å²) < 4.78 is 0. The van der Waals surface area contributed by atoms with E-state index in [1.165, 1.54) is 17.7 Å². The molecule has 134 valence electrons. The smallest absolute Gasteiger partial charge is 0.336 e. The highest BCUT2D eigenvalue weighted by atomic mass is 16.4. The van der Waals surface area contributed by atoms with Crippen molar-refractivity contribution in [1.82, 2.24) is 15.2 Å². The zero-order valence-corrected chi connectivity index (χ0v) is 14.6. The predicted molar refractivity (Wildman–Crippen MR) is 103 cm³/mol. The molecular formula is C21H17N3O3. The van der Waals surface area contributed by atoms with Crippen LogP contribution in [0.2, 0.25) is 0 Å². The zero-order valence-electron chi connectivity index (χ0n) is 14.6. The number of fused-ring (bicyclic) bond motifs is 1. The standard InChI is InChI=1S/C21H17N3O3/c1-2-12-7-9-13(10-8-12)19-18-15(21(26)27)11-16(22-20(18)24-23-19)14-5-3-4-6-17(14)25/h3-11,25H,2H2,1H3,(H,26,27)(H,22,23,24). The number of aryl methyl sites for hydroxylation is 1. The summed E-state index contributed by atoms with van der Waals surface area (Å²) in [5, 5.41) is 27.4. The van der Waals surface area contributed by atoms with Crippen molar-refractivity contribution in [1.29, 1.82) is 0 Å². The Morgan fingerprint density at radius 3 is 2.52 bits per heavy atom. The highest BCUT2D eigenvalue weighted by molar-refractivity contribution is 6.08. The van der Waals surface area contributed by atoms with Crippen molar-refractivity contribution in [2.75, 3.05) is 0 Å². The van der Waals surface area contributed by atoms with Crippen LogP contribution in [0, 0.1) is 0 Å². The number of para-hydroxylation sites is 1. The Labute approximate surface area is 155 Å². The van der Waals surface area contributed by atoms with Gasteiger partial charge in [0.1, 0.15) is 5.75 Å². The first-order valence-corrected chi connectivity index (χ1v) is 8.58. The molecule has 4 aromatic rings. The Kier molecular flexibility index (Phi) is 4.08. The first-order valence-electron chi connectivity index (χ1n) is 8.58. The van der Waals surface area contributed by atoms with E-state index in [2.05, 4.69) is 22.1 Å². The number of H-pyrrole nitrogens is 1. The zero-order chi connectivity index (χ0) is 19.0. The molecule has 27 heavy (non-hydrogen) atoms.